The van der Waals surface area contributed by atoms with Gasteiger partial charge in [-0.25, -0.2) is 0 Å². The average molecular weight is 191 g/mol. The Morgan fingerprint density at radius 2 is 1.00 bits per heavy atom. The van der Waals surface area contributed by atoms with Gasteiger partial charge in [-0.1, -0.05) is 0 Å². The summed E-state index contributed by atoms with van der Waals surface area (Å²) in [4.78, 5) is 0. The summed E-state index contributed by atoms with van der Waals surface area (Å²) < 4.78 is 31.9. The van der Waals surface area contributed by atoms with Crippen LogP contribution in [0.3, 0.4) is 0 Å². The molecule has 0 aliphatic rings. The fraction of sp³-hybridized carbons (Fsp3) is 0. The summed E-state index contributed by atoms with van der Waals surface area (Å²) in [5.74, 6) is 0. The molecule has 0 bridgehead atoms. The van der Waals surface area contributed by atoms with E-state index in [2.05, 4.69) is 0 Å². The Labute approximate surface area is 87.2 Å². The Balaban J connectivity index is -0.0000000800. The average Bonchev–Trinajstić information content (AvgIpc) is 0.722. The molecule has 0 unspecified atom stereocenters. The molecule has 7 heavy (non-hydrogen) atoms. The second kappa shape index (κ2) is 6.16. The molecule has 2 N–H and O–H groups in total. The maximum absolute atomic E-state index is 8.82. The Morgan fingerprint density at radius 3 is 1.00 bits per heavy atom. The Kier molecular flexibility index (Phi) is 14.1. The molecule has 34 valence electrons. The van der Waals surface area contributed by atoms with Crippen molar-refractivity contribution in [1.82, 2.24) is 0 Å². The first-order valence-corrected chi connectivity index (χ1v) is 3.63. The number of hydrogen-bond acceptors (Lipinski definition) is 2. The van der Waals surface area contributed by atoms with Crippen molar-refractivity contribution in [2.45, 2.75) is 0 Å². The van der Waals surface area contributed by atoms with Crippen molar-refractivity contribution in [1.29, 1.82) is 0 Å². The molecule has 0 aliphatic heterocycles. The standard InChI is InChI=1S/2Na.H2O4Se/c;;1-5(2,3)4/h;;(H2,1,2,3,4). The summed E-state index contributed by atoms with van der Waals surface area (Å²) in [6.07, 6.45) is 0. The van der Waals surface area contributed by atoms with Gasteiger partial charge in [0.05, 0.1) is 0 Å². The predicted molar refractivity (Wildman–Crippen MR) is 23.1 cm³/mol. The first kappa shape index (κ1) is 16.0. The SMILES string of the molecule is O=[Se](=O)(O)O.[Na].[Na]. The van der Waals surface area contributed by atoms with Gasteiger partial charge in [0.2, 0.25) is 0 Å². The van der Waals surface area contributed by atoms with Gasteiger partial charge in [0.15, 0.2) is 0 Å². The zero-order valence-electron chi connectivity index (χ0n) is 4.12. The zero-order chi connectivity index (χ0) is 4.50. The molecule has 0 heterocycles. The topological polar surface area (TPSA) is 74.6 Å². The third-order valence-electron chi connectivity index (χ3n) is 0. The third-order valence-corrected chi connectivity index (χ3v) is 0. The van der Waals surface area contributed by atoms with Crippen LogP contribution in [0, 0.1) is 0 Å². The van der Waals surface area contributed by atoms with Crippen LogP contribution in [0.1, 0.15) is 0 Å². The Hall–Kier alpha value is 2.04. The summed E-state index contributed by atoms with van der Waals surface area (Å²) in [7, 11) is 0. The van der Waals surface area contributed by atoms with Crippen LogP contribution in [-0.2, 0) is 7.67 Å². The van der Waals surface area contributed by atoms with Crippen molar-refractivity contribution >= 4 is 72.5 Å². The zero-order valence-corrected chi connectivity index (χ0v) is 9.83. The number of rotatable bonds is 0. The fourth-order valence-corrected chi connectivity index (χ4v) is 0. The summed E-state index contributed by atoms with van der Waals surface area (Å²) >= 11 is -5.25. The molecule has 0 aliphatic carbocycles. The molecule has 0 fully saturated rings. The van der Waals surface area contributed by atoms with E-state index in [1.54, 1.807) is 0 Å². The maximum atomic E-state index is 8.82. The van der Waals surface area contributed by atoms with Gasteiger partial charge in [-0.05, 0) is 0 Å². The second-order valence-corrected chi connectivity index (χ2v) is 2.33. The largest absolute Gasteiger partial charge is 0 e. The van der Waals surface area contributed by atoms with E-state index in [0.29, 0.717) is 0 Å². The van der Waals surface area contributed by atoms with Crippen molar-refractivity contribution in [2.24, 2.45) is 0 Å². The van der Waals surface area contributed by atoms with Crippen molar-refractivity contribution in [2.75, 3.05) is 0 Å². The Bertz CT molecular complexity index is 92.9. The molecule has 4 nitrogen and oxygen atoms in total. The first-order valence-electron chi connectivity index (χ1n) is 0.698. The van der Waals surface area contributed by atoms with Crippen LogP contribution in [0.5, 0.6) is 0 Å². The van der Waals surface area contributed by atoms with Crippen LogP contribution in [0.2, 0.25) is 0 Å². The molecule has 7 heteroatoms. The van der Waals surface area contributed by atoms with E-state index in [9.17, 15) is 0 Å². The van der Waals surface area contributed by atoms with Crippen molar-refractivity contribution < 1.29 is 16.0 Å². The van der Waals surface area contributed by atoms with E-state index in [4.69, 9.17) is 16.0 Å². The van der Waals surface area contributed by atoms with Crippen LogP contribution in [0.15, 0.2) is 0 Å². The van der Waals surface area contributed by atoms with Gasteiger partial charge in [-0.2, -0.15) is 0 Å². The summed E-state index contributed by atoms with van der Waals surface area (Å²) in [5, 5.41) is 0. The Morgan fingerprint density at radius 1 is 1.00 bits per heavy atom. The van der Waals surface area contributed by atoms with Gasteiger partial charge in [0.25, 0.3) is 0 Å². The van der Waals surface area contributed by atoms with Crippen LogP contribution in [-0.4, -0.2) is 80.9 Å². The maximum Gasteiger partial charge on any atom is 0 e. The quantitative estimate of drug-likeness (QED) is 0.415. The smallest absolute Gasteiger partial charge is 0 e. The molecule has 0 aromatic rings. The van der Waals surface area contributed by atoms with Gasteiger partial charge in [-0.15, -0.1) is 0 Å². The van der Waals surface area contributed by atoms with Gasteiger partial charge in [0.1, 0.15) is 0 Å². The summed E-state index contributed by atoms with van der Waals surface area (Å²) in [6, 6.07) is 0. The molecule has 0 saturated carbocycles. The van der Waals surface area contributed by atoms with E-state index in [1.165, 1.54) is 0 Å². The third kappa shape index (κ3) is 70.5. The molecule has 0 aromatic heterocycles. The van der Waals surface area contributed by atoms with Crippen molar-refractivity contribution in [3.8, 4) is 0 Å². The van der Waals surface area contributed by atoms with Gasteiger partial charge in [-0.3, -0.25) is 0 Å². The minimum absolute atomic E-state index is 0. The molecule has 0 amide bonds. The van der Waals surface area contributed by atoms with E-state index in [0.717, 1.165) is 0 Å². The van der Waals surface area contributed by atoms with E-state index in [1.807, 2.05) is 0 Å². The molecular weight excluding hydrogens is 189 g/mol. The van der Waals surface area contributed by atoms with Crippen molar-refractivity contribution in [3.63, 3.8) is 0 Å². The van der Waals surface area contributed by atoms with E-state index in [-0.39, 0.29) is 59.1 Å². The second-order valence-electron chi connectivity index (χ2n) is 0.448. The molecule has 0 atom stereocenters. The first-order chi connectivity index (χ1) is 2.00. The van der Waals surface area contributed by atoms with Crippen LogP contribution in [0.25, 0.3) is 0 Å². The van der Waals surface area contributed by atoms with Gasteiger partial charge >= 0.3 is 29.4 Å². The molecule has 0 rings (SSSR count). The number of hydrogen-bond donors (Lipinski definition) is 2. The van der Waals surface area contributed by atoms with Crippen molar-refractivity contribution in [3.05, 3.63) is 0 Å². The summed E-state index contributed by atoms with van der Waals surface area (Å²) in [5.41, 5.74) is 0. The van der Waals surface area contributed by atoms with E-state index >= 15 is 0 Å². The van der Waals surface area contributed by atoms with Gasteiger partial charge < -0.3 is 0 Å². The molecular formula is H2Na2O4Se. The summed E-state index contributed by atoms with van der Waals surface area (Å²) in [6.45, 7) is 0. The van der Waals surface area contributed by atoms with E-state index < -0.39 is 13.4 Å². The molecule has 0 saturated heterocycles. The molecule has 2 radical (unpaired) electrons. The van der Waals surface area contributed by atoms with Gasteiger partial charge in [0, 0.05) is 59.1 Å². The predicted octanol–water partition coefficient (Wildman–Crippen LogP) is -2.49. The van der Waals surface area contributed by atoms with Crippen LogP contribution < -0.4 is 0 Å². The normalized spacial score (nSPS) is 8.29. The molecule has 0 spiro atoms. The minimum Gasteiger partial charge on any atom is 0 e. The van der Waals surface area contributed by atoms with Crippen LogP contribution in [0.4, 0.5) is 0 Å². The molecule has 0 aromatic carbocycles. The minimum atomic E-state index is -5.25. The fourth-order valence-electron chi connectivity index (χ4n) is 0. The van der Waals surface area contributed by atoms with Crippen LogP contribution >= 0.6 is 0 Å². The monoisotopic (exact) mass is 192 g/mol.